The van der Waals surface area contributed by atoms with Gasteiger partial charge in [0, 0.05) is 43.7 Å². The highest BCUT2D eigenvalue weighted by Crippen LogP contribution is 2.27. The molecule has 37 heavy (non-hydrogen) atoms. The normalized spacial score (nSPS) is 19.1. The number of fused-ring (bicyclic) bond motifs is 1. The number of rotatable bonds is 7. The lowest BCUT2D eigenvalue weighted by atomic mass is 9.97. The minimum absolute atomic E-state index is 0.0314. The van der Waals surface area contributed by atoms with E-state index in [0.717, 1.165) is 66.7 Å². The molecule has 0 bridgehead atoms. The number of aromatic nitrogens is 1. The molecule has 2 fully saturated rings. The maximum atomic E-state index is 13.1. The van der Waals surface area contributed by atoms with E-state index in [4.69, 9.17) is 9.72 Å². The summed E-state index contributed by atoms with van der Waals surface area (Å²) in [7, 11) is -1.86. The lowest BCUT2D eigenvalue weighted by Crippen LogP contribution is -2.43. The van der Waals surface area contributed by atoms with Crippen molar-refractivity contribution in [1.82, 2.24) is 14.6 Å². The van der Waals surface area contributed by atoms with Gasteiger partial charge in [0.15, 0.2) is 0 Å². The number of benzene rings is 2. The number of hydrogen-bond donors (Lipinski definition) is 1. The van der Waals surface area contributed by atoms with Gasteiger partial charge in [-0.2, -0.15) is 4.31 Å². The molecule has 0 saturated carbocycles. The second kappa shape index (κ2) is 11.1. The van der Waals surface area contributed by atoms with Gasteiger partial charge in [-0.05, 0) is 62.1 Å². The van der Waals surface area contributed by atoms with E-state index < -0.39 is 10.0 Å². The van der Waals surface area contributed by atoms with Crippen LogP contribution in [0.15, 0.2) is 59.5 Å². The fourth-order valence-corrected chi connectivity index (χ4v) is 6.81. The smallest absolute Gasteiger partial charge is 0.243 e. The van der Waals surface area contributed by atoms with Crippen LogP contribution < -0.4 is 15.0 Å². The van der Waals surface area contributed by atoms with Crippen LogP contribution in [0.4, 0.5) is 5.82 Å². The molecule has 0 aliphatic carbocycles. The van der Waals surface area contributed by atoms with E-state index in [9.17, 15) is 13.2 Å². The highest BCUT2D eigenvalue weighted by Gasteiger charge is 2.28. The lowest BCUT2D eigenvalue weighted by molar-refractivity contribution is -0.125. The number of anilines is 1. The molecule has 0 spiro atoms. The highest BCUT2D eigenvalue weighted by atomic mass is 32.2. The third-order valence-corrected chi connectivity index (χ3v) is 9.26. The van der Waals surface area contributed by atoms with Crippen molar-refractivity contribution in [3.05, 3.63) is 60.2 Å². The van der Waals surface area contributed by atoms with Crippen LogP contribution in [0.5, 0.6) is 5.75 Å². The van der Waals surface area contributed by atoms with Gasteiger partial charge in [0.05, 0.1) is 23.4 Å². The molecule has 8 nitrogen and oxygen atoms in total. The molecule has 1 N–H and O–H groups in total. The Balaban J connectivity index is 1.27. The summed E-state index contributed by atoms with van der Waals surface area (Å²) >= 11 is 0. The van der Waals surface area contributed by atoms with Crippen molar-refractivity contribution < 1.29 is 17.9 Å². The maximum absolute atomic E-state index is 13.1. The summed E-state index contributed by atoms with van der Waals surface area (Å²) in [5, 5.41) is 3.86. The molecule has 9 heteroatoms. The molecule has 0 radical (unpaired) electrons. The van der Waals surface area contributed by atoms with Crippen molar-refractivity contribution in [1.29, 1.82) is 0 Å². The number of nitrogens with one attached hydrogen (secondary N) is 1. The largest absolute Gasteiger partial charge is 0.496 e. The number of nitrogens with zero attached hydrogens (tertiary/aromatic N) is 3. The van der Waals surface area contributed by atoms with Crippen LogP contribution in [0.1, 0.15) is 37.7 Å². The minimum atomic E-state index is -3.49. The molecule has 1 atom stereocenters. The molecule has 3 aromatic rings. The fraction of sp³-hybridized carbons (Fsp3) is 0.429. The number of piperidine rings is 2. The van der Waals surface area contributed by atoms with Crippen LogP contribution in [0.2, 0.25) is 0 Å². The van der Waals surface area contributed by atoms with Crippen LogP contribution in [0.3, 0.4) is 0 Å². The summed E-state index contributed by atoms with van der Waals surface area (Å²) < 4.78 is 33.1. The Labute approximate surface area is 218 Å². The van der Waals surface area contributed by atoms with Gasteiger partial charge in [0.25, 0.3) is 0 Å². The first-order valence-corrected chi connectivity index (χ1v) is 14.5. The molecule has 1 amide bonds. The highest BCUT2D eigenvalue weighted by molar-refractivity contribution is 7.89. The van der Waals surface area contributed by atoms with E-state index >= 15 is 0 Å². The van der Waals surface area contributed by atoms with Crippen molar-refractivity contribution in [2.45, 2.75) is 43.5 Å². The number of carbonyl (C=O) groups is 1. The Morgan fingerprint density at radius 3 is 2.65 bits per heavy atom. The van der Waals surface area contributed by atoms with Crippen molar-refractivity contribution in [2.24, 2.45) is 5.92 Å². The predicted molar refractivity (Wildman–Crippen MR) is 144 cm³/mol. The number of methoxy groups -OCH3 is 1. The van der Waals surface area contributed by atoms with Crippen LogP contribution in [0, 0.1) is 5.92 Å². The monoisotopic (exact) mass is 522 g/mol. The van der Waals surface area contributed by atoms with Crippen molar-refractivity contribution >= 4 is 32.7 Å². The average Bonchev–Trinajstić information content (AvgIpc) is 2.96. The molecule has 196 valence electrons. The first-order chi connectivity index (χ1) is 18.0. The van der Waals surface area contributed by atoms with E-state index in [-0.39, 0.29) is 11.8 Å². The molecule has 0 unspecified atom stereocenters. The predicted octanol–water partition coefficient (Wildman–Crippen LogP) is 3.95. The molecule has 1 aromatic heterocycles. The lowest BCUT2D eigenvalue weighted by Gasteiger charge is -2.33. The Bertz CT molecular complexity index is 1370. The fourth-order valence-electron chi connectivity index (χ4n) is 5.26. The molecular formula is C28H34N4O4S. The van der Waals surface area contributed by atoms with E-state index in [1.165, 1.54) is 0 Å². The van der Waals surface area contributed by atoms with Gasteiger partial charge in [-0.3, -0.25) is 4.79 Å². The van der Waals surface area contributed by atoms with Crippen molar-refractivity contribution in [3.8, 4) is 5.75 Å². The van der Waals surface area contributed by atoms with Crippen LogP contribution in [-0.4, -0.2) is 56.9 Å². The first-order valence-electron chi connectivity index (χ1n) is 13.0. The van der Waals surface area contributed by atoms with Crippen molar-refractivity contribution in [3.63, 3.8) is 0 Å². The third kappa shape index (κ3) is 5.57. The zero-order valence-electron chi connectivity index (χ0n) is 21.2. The first kappa shape index (κ1) is 25.5. The summed E-state index contributed by atoms with van der Waals surface area (Å²) in [6.45, 7) is 3.02. The summed E-state index contributed by atoms with van der Waals surface area (Å²) in [4.78, 5) is 20.2. The molecule has 5 rings (SSSR count). The summed E-state index contributed by atoms with van der Waals surface area (Å²) in [6.07, 6.45) is 4.64. The van der Waals surface area contributed by atoms with Gasteiger partial charge >= 0.3 is 0 Å². The van der Waals surface area contributed by atoms with Gasteiger partial charge in [0.1, 0.15) is 11.6 Å². The summed E-state index contributed by atoms with van der Waals surface area (Å²) in [5.74, 6) is 1.48. The Morgan fingerprint density at radius 1 is 1.03 bits per heavy atom. The number of para-hydroxylation sites is 1. The third-order valence-electron chi connectivity index (χ3n) is 7.36. The molecule has 3 heterocycles. The zero-order chi connectivity index (χ0) is 25.8. The van der Waals surface area contributed by atoms with Crippen LogP contribution >= 0.6 is 0 Å². The van der Waals surface area contributed by atoms with Gasteiger partial charge in [-0.15, -0.1) is 0 Å². The number of hydrogen-bond acceptors (Lipinski definition) is 6. The number of sulfonamides is 1. The second-order valence-corrected chi connectivity index (χ2v) is 11.7. The summed E-state index contributed by atoms with van der Waals surface area (Å²) in [5.41, 5.74) is 1.70. The Morgan fingerprint density at radius 2 is 1.84 bits per heavy atom. The quantitative estimate of drug-likeness (QED) is 0.505. The van der Waals surface area contributed by atoms with Crippen LogP contribution in [0.25, 0.3) is 10.9 Å². The van der Waals surface area contributed by atoms with Gasteiger partial charge in [0.2, 0.25) is 15.9 Å². The molecule has 2 aliphatic heterocycles. The number of pyridine rings is 1. The van der Waals surface area contributed by atoms with Crippen molar-refractivity contribution in [2.75, 3.05) is 38.2 Å². The van der Waals surface area contributed by atoms with E-state index in [2.05, 4.69) is 10.2 Å². The molecule has 2 saturated heterocycles. The SMILES string of the molecule is COc1ccccc1CNC(=O)[C@H]1CCCN(c2ccc3cc(S(=O)(=O)N4CCCCC4)ccc3n2)C1. The average molecular weight is 523 g/mol. The molecule has 2 aliphatic rings. The van der Waals surface area contributed by atoms with E-state index in [1.54, 1.807) is 29.6 Å². The Hall–Kier alpha value is -3.17. The maximum Gasteiger partial charge on any atom is 0.243 e. The zero-order valence-corrected chi connectivity index (χ0v) is 22.0. The molecule has 2 aromatic carbocycles. The van der Waals surface area contributed by atoms with Gasteiger partial charge in [-0.25, -0.2) is 13.4 Å². The van der Waals surface area contributed by atoms with E-state index in [0.29, 0.717) is 31.1 Å². The topological polar surface area (TPSA) is 91.8 Å². The van der Waals surface area contributed by atoms with Gasteiger partial charge in [-0.1, -0.05) is 24.6 Å². The Kier molecular flexibility index (Phi) is 7.62. The molecular weight excluding hydrogens is 488 g/mol. The van der Waals surface area contributed by atoms with Gasteiger partial charge < -0.3 is 15.0 Å². The van der Waals surface area contributed by atoms with Crippen LogP contribution in [-0.2, 0) is 21.4 Å². The minimum Gasteiger partial charge on any atom is -0.496 e. The number of ether oxygens (including phenoxy) is 1. The summed E-state index contributed by atoms with van der Waals surface area (Å²) in [6, 6.07) is 16.7. The number of carbonyl (C=O) groups excluding carboxylic acids is 1. The number of amides is 1. The standard InChI is InChI=1S/C28H34N4O4S/c1-36-26-10-4-3-8-22(26)19-29-28(33)23-9-7-15-31(20-23)27-14-11-21-18-24(12-13-25(21)30-27)37(34,35)32-16-5-2-6-17-32/h3-4,8,10-14,18,23H,2,5-7,9,15-17,19-20H2,1H3,(H,29,33)/t23-/m0/s1. The second-order valence-electron chi connectivity index (χ2n) is 9.80. The van der Waals surface area contributed by atoms with E-state index in [1.807, 2.05) is 36.4 Å².